The molecule has 0 unspecified atom stereocenters. The van der Waals surface area contributed by atoms with Crippen molar-refractivity contribution < 1.29 is 53.7 Å². The van der Waals surface area contributed by atoms with E-state index in [1.54, 1.807) is 6.08 Å². The summed E-state index contributed by atoms with van der Waals surface area (Å²) >= 11 is 0. The van der Waals surface area contributed by atoms with Gasteiger partial charge in [-0.05, 0) is 95.6 Å². The predicted molar refractivity (Wildman–Crippen MR) is 208 cm³/mol. The van der Waals surface area contributed by atoms with Gasteiger partial charge in [-0.25, -0.2) is 0 Å². The minimum atomic E-state index is -1.34. The van der Waals surface area contributed by atoms with Gasteiger partial charge >= 0.3 is 5.97 Å². The monoisotopic (exact) mass is 780 g/mol. The lowest BCUT2D eigenvalue weighted by atomic mass is 9.72. The van der Waals surface area contributed by atoms with E-state index in [0.29, 0.717) is 57.1 Å². The summed E-state index contributed by atoms with van der Waals surface area (Å²) in [4.78, 5) is 17.5. The highest BCUT2D eigenvalue weighted by molar-refractivity contribution is 5.89. The van der Waals surface area contributed by atoms with Crippen molar-refractivity contribution in [1.29, 1.82) is 0 Å². The molecule has 0 aliphatic carbocycles. The molecule has 4 N–H and O–H groups in total. The van der Waals surface area contributed by atoms with Crippen LogP contribution in [-0.2, 0) is 33.3 Å². The molecule has 0 saturated carbocycles. The molecule has 55 heavy (non-hydrogen) atoms. The van der Waals surface area contributed by atoms with Crippen LogP contribution < -0.4 is 0 Å². The van der Waals surface area contributed by atoms with Crippen molar-refractivity contribution in [1.82, 2.24) is 0 Å². The van der Waals surface area contributed by atoms with Crippen LogP contribution in [0.4, 0.5) is 0 Å². The van der Waals surface area contributed by atoms with Crippen molar-refractivity contribution in [2.75, 3.05) is 7.11 Å². The number of ether oxygens (including phenoxy) is 5. The topological polar surface area (TPSA) is 166 Å². The van der Waals surface area contributed by atoms with Gasteiger partial charge < -0.3 is 48.9 Å². The standard InChI is InChI=1S/C43H73NO11/c1-12-30(39(47)48)32-16-15-24(4)37(52-32)28(8)36(46)27(7)35(44-50-11)31(13-2)38-25(5)23-26(6)42(53-38)20-17-33(45)43(55-42)22-21-40(10,54-43)34-18-19-41(49,14-3)29(9)51-34/h17,20,24-34,36-38,45-46,49H,12-16,18-19,21-23H2,1-11H3,(H,47,48)/t24-,25-,26+,27+,28-,29-,30+,31-,32+,33+,34+,36+,37+,38-,40-,41+,42-,43-/m0/s1. The van der Waals surface area contributed by atoms with Gasteiger partial charge in [0.05, 0.1) is 59.5 Å². The van der Waals surface area contributed by atoms with Gasteiger partial charge in [-0.15, -0.1) is 0 Å². The molecule has 18 atom stereocenters. The molecule has 0 radical (unpaired) electrons. The molecule has 5 rings (SSSR count). The zero-order valence-electron chi connectivity index (χ0n) is 35.4. The summed E-state index contributed by atoms with van der Waals surface area (Å²) < 4.78 is 34.0. The number of nitrogens with zero attached hydrogens (tertiary/aromatic N) is 1. The highest BCUT2D eigenvalue weighted by Crippen LogP contribution is 2.54. The number of hydrogen-bond donors (Lipinski definition) is 4. The highest BCUT2D eigenvalue weighted by atomic mass is 16.8. The minimum Gasteiger partial charge on any atom is -0.481 e. The molecule has 12 heteroatoms. The fraction of sp³-hybridized carbons (Fsp3) is 0.907. The average molecular weight is 780 g/mol. The molecule has 0 bridgehead atoms. The molecule has 4 fully saturated rings. The molecule has 5 aliphatic rings. The molecule has 0 amide bonds. The summed E-state index contributed by atoms with van der Waals surface area (Å²) in [5.41, 5.74) is -0.915. The van der Waals surface area contributed by atoms with Gasteiger partial charge in [-0.2, -0.15) is 0 Å². The van der Waals surface area contributed by atoms with Crippen LogP contribution in [0.5, 0.6) is 0 Å². The summed E-state index contributed by atoms with van der Waals surface area (Å²) in [6, 6.07) is 0. The SMILES string of the molecule is CC[C@@H](C(=NOC)[C@@H](C)[C@@H](O)[C@H](C)[C@@H]1O[C@@H]([C@@H](CC)C(=O)O)CC[C@@H]1C)[C@H]1O[C@]2(C=C[C@@H](O)[C@]3(CC[C@@](C)([C@H]4CC[C@](O)(CC)[C@H](C)O4)O3)O2)[C@H](C)C[C@@H]1C. The van der Waals surface area contributed by atoms with Gasteiger partial charge in [-0.1, -0.05) is 60.5 Å². The van der Waals surface area contributed by atoms with E-state index in [1.807, 2.05) is 47.6 Å². The zero-order valence-corrected chi connectivity index (χ0v) is 35.4. The van der Waals surface area contributed by atoms with E-state index in [4.69, 9.17) is 28.5 Å². The Balaban J connectivity index is 1.36. The van der Waals surface area contributed by atoms with Crippen LogP contribution in [0.3, 0.4) is 0 Å². The molecule has 0 aromatic rings. The van der Waals surface area contributed by atoms with Crippen molar-refractivity contribution in [2.24, 2.45) is 46.6 Å². The Morgan fingerprint density at radius 2 is 1.64 bits per heavy atom. The molecule has 0 aromatic carbocycles. The van der Waals surface area contributed by atoms with Crippen molar-refractivity contribution in [3.8, 4) is 0 Å². The number of carboxylic acids is 1. The number of aliphatic hydroxyl groups excluding tert-OH is 2. The van der Waals surface area contributed by atoms with E-state index in [-0.39, 0.29) is 54.0 Å². The van der Waals surface area contributed by atoms with E-state index < -0.39 is 58.9 Å². The van der Waals surface area contributed by atoms with Crippen molar-refractivity contribution in [3.63, 3.8) is 0 Å². The maximum Gasteiger partial charge on any atom is 0.309 e. The molecular formula is C43H73NO11. The van der Waals surface area contributed by atoms with E-state index in [9.17, 15) is 25.2 Å². The molecule has 5 aliphatic heterocycles. The zero-order chi connectivity index (χ0) is 40.7. The van der Waals surface area contributed by atoms with Gasteiger partial charge in [0.25, 0.3) is 0 Å². The van der Waals surface area contributed by atoms with Crippen molar-refractivity contribution in [2.45, 2.75) is 199 Å². The Kier molecular flexibility index (Phi) is 14.0. The first kappa shape index (κ1) is 44.5. The third-order valence-corrected chi connectivity index (χ3v) is 14.7. The van der Waals surface area contributed by atoms with Crippen molar-refractivity contribution >= 4 is 11.7 Å². The molecule has 12 nitrogen and oxygen atoms in total. The molecule has 4 saturated heterocycles. The highest BCUT2D eigenvalue weighted by Gasteiger charge is 2.63. The van der Waals surface area contributed by atoms with Gasteiger partial charge in [0.15, 0.2) is 5.79 Å². The van der Waals surface area contributed by atoms with E-state index >= 15 is 0 Å². The lowest BCUT2D eigenvalue weighted by Crippen LogP contribution is -2.63. The minimum absolute atomic E-state index is 0.0701. The fourth-order valence-electron chi connectivity index (χ4n) is 10.8. The van der Waals surface area contributed by atoms with Crippen molar-refractivity contribution in [3.05, 3.63) is 12.2 Å². The second kappa shape index (κ2) is 17.3. The second-order valence-electron chi connectivity index (χ2n) is 18.2. The summed E-state index contributed by atoms with van der Waals surface area (Å²) in [6.45, 7) is 20.2. The summed E-state index contributed by atoms with van der Waals surface area (Å²) in [5, 5.41) is 49.1. The Bertz CT molecular complexity index is 1380. The predicted octanol–water partition coefficient (Wildman–Crippen LogP) is 6.62. The number of aliphatic hydroxyl groups is 3. The van der Waals surface area contributed by atoms with E-state index in [2.05, 4.69) is 32.9 Å². The quantitative estimate of drug-likeness (QED) is 0.0902. The maximum absolute atomic E-state index is 12.0. The number of oxime groups is 1. The van der Waals surface area contributed by atoms with Gasteiger partial charge in [-0.3, -0.25) is 4.79 Å². The van der Waals surface area contributed by atoms with Crippen LogP contribution >= 0.6 is 0 Å². The van der Waals surface area contributed by atoms with Gasteiger partial charge in [0.2, 0.25) is 5.79 Å². The third-order valence-electron chi connectivity index (χ3n) is 14.7. The Hall–Kier alpha value is -1.64. The van der Waals surface area contributed by atoms with Gasteiger partial charge in [0, 0.05) is 30.1 Å². The smallest absolute Gasteiger partial charge is 0.309 e. The molecule has 316 valence electrons. The summed E-state index contributed by atoms with van der Waals surface area (Å²) in [6.07, 6.45) is 6.40. The van der Waals surface area contributed by atoms with Crippen LogP contribution in [0.25, 0.3) is 0 Å². The van der Waals surface area contributed by atoms with Crippen LogP contribution in [0.1, 0.15) is 133 Å². The van der Waals surface area contributed by atoms with E-state index in [1.165, 1.54) is 7.11 Å². The second-order valence-corrected chi connectivity index (χ2v) is 18.2. The van der Waals surface area contributed by atoms with E-state index in [0.717, 1.165) is 12.8 Å². The molecule has 2 spiro atoms. The fourth-order valence-corrected chi connectivity index (χ4v) is 10.8. The lowest BCUT2D eigenvalue weighted by Gasteiger charge is -2.54. The first-order chi connectivity index (χ1) is 25.8. The average Bonchev–Trinajstić information content (AvgIpc) is 3.50. The third kappa shape index (κ3) is 8.45. The Morgan fingerprint density at radius 3 is 2.24 bits per heavy atom. The maximum atomic E-state index is 12.0. The van der Waals surface area contributed by atoms with Crippen LogP contribution in [0.2, 0.25) is 0 Å². The lowest BCUT2D eigenvalue weighted by molar-refractivity contribution is -0.408. The number of carbonyl (C=O) groups is 1. The Labute approximate surface area is 329 Å². The number of hydrogen-bond acceptors (Lipinski definition) is 11. The molecule has 0 aromatic heterocycles. The first-order valence-electron chi connectivity index (χ1n) is 21.3. The summed E-state index contributed by atoms with van der Waals surface area (Å²) in [7, 11) is 1.52. The normalized spacial score (nSPS) is 45.3. The van der Waals surface area contributed by atoms with Gasteiger partial charge in [0.1, 0.15) is 13.2 Å². The number of aliphatic carboxylic acids is 1. The number of carboxylic acid groups (broad SMARTS) is 1. The Morgan fingerprint density at radius 1 is 0.945 bits per heavy atom. The van der Waals surface area contributed by atoms with Crippen LogP contribution in [-0.4, -0.2) is 105 Å². The van der Waals surface area contributed by atoms with Crippen LogP contribution in [0, 0.1) is 41.4 Å². The summed E-state index contributed by atoms with van der Waals surface area (Å²) in [5.74, 6) is -4.76. The first-order valence-corrected chi connectivity index (χ1v) is 21.3. The number of rotatable bonds is 13. The van der Waals surface area contributed by atoms with Crippen LogP contribution in [0.15, 0.2) is 17.3 Å². The molecule has 5 heterocycles. The largest absolute Gasteiger partial charge is 0.481 e. The molecular weight excluding hydrogens is 706 g/mol.